The molecule has 2 N–H and O–H groups in total. The topological polar surface area (TPSA) is 57.5 Å². The highest BCUT2D eigenvalue weighted by Crippen LogP contribution is 2.60. The Morgan fingerprint density at radius 2 is 2.04 bits per heavy atom. The molecule has 0 aliphatic heterocycles. The van der Waals surface area contributed by atoms with Crippen molar-refractivity contribution in [3.05, 3.63) is 26.1 Å². The zero-order valence-corrected chi connectivity index (χ0v) is 16.2. The van der Waals surface area contributed by atoms with E-state index in [0.717, 1.165) is 34.6 Å². The summed E-state index contributed by atoms with van der Waals surface area (Å²) in [5, 5.41) is 20.3. The highest BCUT2D eigenvalue weighted by atomic mass is 79.9. The SMILES string of the molecule is C[C@]12CCC3c4cc(Br)c(O)c(Br)c4CC[C@H]3C1C[C@@H](O)C2=O. The van der Waals surface area contributed by atoms with Crippen LogP contribution in [0.15, 0.2) is 15.0 Å². The van der Waals surface area contributed by atoms with E-state index in [-0.39, 0.29) is 22.9 Å². The van der Waals surface area contributed by atoms with Crippen LogP contribution in [0.3, 0.4) is 0 Å². The number of halogens is 2. The van der Waals surface area contributed by atoms with Gasteiger partial charge in [-0.15, -0.1) is 0 Å². The van der Waals surface area contributed by atoms with Crippen molar-refractivity contribution in [3.8, 4) is 5.75 Å². The van der Waals surface area contributed by atoms with E-state index < -0.39 is 6.10 Å². The quantitative estimate of drug-likeness (QED) is 0.627. The van der Waals surface area contributed by atoms with Crippen molar-refractivity contribution in [1.29, 1.82) is 0 Å². The molecule has 1 aromatic carbocycles. The zero-order chi connectivity index (χ0) is 16.5. The molecule has 1 aromatic rings. The summed E-state index contributed by atoms with van der Waals surface area (Å²) in [7, 11) is 0. The maximum atomic E-state index is 12.4. The average molecular weight is 444 g/mol. The van der Waals surface area contributed by atoms with Crippen LogP contribution in [0.25, 0.3) is 0 Å². The number of aliphatic hydroxyl groups excluding tert-OH is 1. The third-order valence-electron chi connectivity index (χ3n) is 6.63. The molecule has 5 atom stereocenters. The number of aliphatic hydroxyl groups is 1. The molecule has 0 radical (unpaired) electrons. The van der Waals surface area contributed by atoms with Gasteiger partial charge in [0.15, 0.2) is 5.78 Å². The Morgan fingerprint density at radius 3 is 2.78 bits per heavy atom. The first-order chi connectivity index (χ1) is 10.8. The zero-order valence-electron chi connectivity index (χ0n) is 13.0. The summed E-state index contributed by atoms with van der Waals surface area (Å²) in [6, 6.07) is 2.06. The smallest absolute Gasteiger partial charge is 0.167 e. The van der Waals surface area contributed by atoms with Gasteiger partial charge < -0.3 is 10.2 Å². The van der Waals surface area contributed by atoms with Crippen LogP contribution in [-0.4, -0.2) is 22.1 Å². The average Bonchev–Trinajstić information content (AvgIpc) is 2.76. The fourth-order valence-electron chi connectivity index (χ4n) is 5.43. The number of ketones is 1. The number of rotatable bonds is 0. The van der Waals surface area contributed by atoms with Crippen molar-refractivity contribution >= 4 is 37.6 Å². The lowest BCUT2D eigenvalue weighted by Gasteiger charge is -2.48. The molecule has 2 fully saturated rings. The molecule has 3 aliphatic rings. The molecular weight excluding hydrogens is 424 g/mol. The first kappa shape index (κ1) is 16.1. The van der Waals surface area contributed by atoms with Crippen LogP contribution in [-0.2, 0) is 11.2 Å². The standard InChI is InChI=1S/C18H20Br2O3/c1-18-5-4-8-9(12(18)7-14(21)17(18)23)2-3-10-11(8)6-13(19)16(22)15(10)20/h6,8-9,12,14,21-22H,2-5,7H2,1H3/t8?,9-,12?,14-,18+/m1/s1. The highest BCUT2D eigenvalue weighted by Gasteiger charge is 2.58. The number of carbonyl (C=O) groups is 1. The minimum Gasteiger partial charge on any atom is -0.506 e. The number of hydrogen-bond acceptors (Lipinski definition) is 3. The maximum absolute atomic E-state index is 12.4. The number of Topliss-reactive ketones (excluding diaryl/α,β-unsaturated/α-hetero) is 1. The van der Waals surface area contributed by atoms with Gasteiger partial charge in [-0.3, -0.25) is 4.79 Å². The molecule has 2 unspecified atom stereocenters. The first-order valence-electron chi connectivity index (χ1n) is 8.26. The number of benzene rings is 1. The summed E-state index contributed by atoms with van der Waals surface area (Å²) < 4.78 is 1.52. The van der Waals surface area contributed by atoms with Crippen molar-refractivity contribution in [2.24, 2.45) is 17.3 Å². The Labute approximate surface area is 152 Å². The number of carbonyl (C=O) groups excluding carboxylic acids is 1. The van der Waals surface area contributed by atoms with E-state index in [1.807, 2.05) is 0 Å². The van der Waals surface area contributed by atoms with Gasteiger partial charge in [-0.2, -0.15) is 0 Å². The van der Waals surface area contributed by atoms with Crippen molar-refractivity contribution in [1.82, 2.24) is 0 Å². The molecule has 4 rings (SSSR count). The Kier molecular flexibility index (Phi) is 3.71. The lowest BCUT2D eigenvalue weighted by Crippen LogP contribution is -2.43. The minimum atomic E-state index is -0.775. The summed E-state index contributed by atoms with van der Waals surface area (Å²) in [4.78, 5) is 12.4. The van der Waals surface area contributed by atoms with Crippen LogP contribution in [0.2, 0.25) is 0 Å². The molecular formula is C18H20Br2O3. The number of fused-ring (bicyclic) bond motifs is 5. The lowest BCUT2D eigenvalue weighted by molar-refractivity contribution is -0.134. The van der Waals surface area contributed by atoms with Gasteiger partial charge in [0, 0.05) is 5.41 Å². The summed E-state index contributed by atoms with van der Waals surface area (Å²) in [6.07, 6.45) is 3.61. The molecule has 3 aliphatic carbocycles. The number of hydrogen-bond donors (Lipinski definition) is 2. The summed E-state index contributed by atoms with van der Waals surface area (Å²) in [5.41, 5.74) is 2.16. The van der Waals surface area contributed by atoms with Crippen molar-refractivity contribution in [3.63, 3.8) is 0 Å². The summed E-state index contributed by atoms with van der Waals surface area (Å²) in [5.74, 6) is 1.48. The largest absolute Gasteiger partial charge is 0.506 e. The second-order valence-corrected chi connectivity index (χ2v) is 9.22. The second-order valence-electron chi connectivity index (χ2n) is 7.58. The summed E-state index contributed by atoms with van der Waals surface area (Å²) >= 11 is 7.00. The lowest BCUT2D eigenvalue weighted by atomic mass is 9.55. The fraction of sp³-hybridized carbons (Fsp3) is 0.611. The molecule has 0 heterocycles. The highest BCUT2D eigenvalue weighted by molar-refractivity contribution is 9.11. The van der Waals surface area contributed by atoms with Gasteiger partial charge in [0.2, 0.25) is 0 Å². The van der Waals surface area contributed by atoms with Gasteiger partial charge >= 0.3 is 0 Å². The Hall–Kier alpha value is -0.390. The van der Waals surface area contributed by atoms with E-state index in [9.17, 15) is 15.0 Å². The van der Waals surface area contributed by atoms with E-state index >= 15 is 0 Å². The third kappa shape index (κ3) is 2.12. The van der Waals surface area contributed by atoms with E-state index in [4.69, 9.17) is 0 Å². The molecule has 0 bridgehead atoms. The monoisotopic (exact) mass is 442 g/mol. The Morgan fingerprint density at radius 1 is 1.30 bits per heavy atom. The van der Waals surface area contributed by atoms with Gasteiger partial charge in [-0.25, -0.2) is 0 Å². The fourth-order valence-corrected chi connectivity index (χ4v) is 6.78. The van der Waals surface area contributed by atoms with Crippen LogP contribution in [0.4, 0.5) is 0 Å². The van der Waals surface area contributed by atoms with E-state index in [1.54, 1.807) is 0 Å². The van der Waals surface area contributed by atoms with E-state index in [0.29, 0.717) is 18.3 Å². The molecule has 0 spiro atoms. The molecule has 5 heteroatoms. The predicted molar refractivity (Wildman–Crippen MR) is 94.5 cm³/mol. The van der Waals surface area contributed by atoms with E-state index in [2.05, 4.69) is 44.8 Å². The van der Waals surface area contributed by atoms with Crippen LogP contribution >= 0.6 is 31.9 Å². The van der Waals surface area contributed by atoms with Crippen LogP contribution in [0, 0.1) is 17.3 Å². The normalized spacial score (nSPS) is 38.9. The van der Waals surface area contributed by atoms with Gasteiger partial charge in [-0.05, 0) is 98.9 Å². The van der Waals surface area contributed by atoms with Crippen LogP contribution in [0.1, 0.15) is 49.7 Å². The molecule has 124 valence electrons. The van der Waals surface area contributed by atoms with Crippen LogP contribution < -0.4 is 0 Å². The van der Waals surface area contributed by atoms with Crippen molar-refractivity contribution < 1.29 is 15.0 Å². The van der Waals surface area contributed by atoms with Crippen molar-refractivity contribution in [2.45, 2.75) is 51.0 Å². The van der Waals surface area contributed by atoms with Gasteiger partial charge in [0.25, 0.3) is 0 Å². The molecule has 0 aromatic heterocycles. The van der Waals surface area contributed by atoms with Gasteiger partial charge in [0.05, 0.1) is 8.95 Å². The molecule has 23 heavy (non-hydrogen) atoms. The maximum Gasteiger partial charge on any atom is 0.167 e. The Balaban J connectivity index is 1.77. The van der Waals surface area contributed by atoms with Gasteiger partial charge in [-0.1, -0.05) is 6.92 Å². The molecule has 3 nitrogen and oxygen atoms in total. The first-order valence-corrected chi connectivity index (χ1v) is 9.85. The second kappa shape index (κ2) is 5.30. The molecule has 0 amide bonds. The molecule has 2 saturated carbocycles. The number of aromatic hydroxyl groups is 1. The Bertz CT molecular complexity index is 702. The predicted octanol–water partition coefficient (Wildman–Crippen LogP) is 4.31. The third-order valence-corrected chi connectivity index (χ3v) is 8.09. The molecule has 0 saturated heterocycles. The summed E-state index contributed by atoms with van der Waals surface area (Å²) in [6.45, 7) is 2.06. The van der Waals surface area contributed by atoms with Crippen LogP contribution in [0.5, 0.6) is 5.75 Å². The van der Waals surface area contributed by atoms with E-state index in [1.165, 1.54) is 11.1 Å². The van der Waals surface area contributed by atoms with Gasteiger partial charge in [0.1, 0.15) is 11.9 Å². The number of phenolic OH excluding ortho intramolecular Hbond substituents is 1. The minimum absolute atomic E-state index is 0.0554. The van der Waals surface area contributed by atoms with Crippen molar-refractivity contribution in [2.75, 3.05) is 0 Å². The number of phenols is 1.